The van der Waals surface area contributed by atoms with E-state index in [1.54, 1.807) is 12.1 Å². The topological polar surface area (TPSA) is 56.8 Å². The third-order valence-electron chi connectivity index (χ3n) is 3.29. The minimum Gasteiger partial charge on any atom is -0.493 e. The second kappa shape index (κ2) is 8.86. The van der Waals surface area contributed by atoms with Gasteiger partial charge in [-0.3, -0.25) is 4.79 Å². The molecule has 0 unspecified atom stereocenters. The fourth-order valence-electron chi connectivity index (χ4n) is 2.12. The largest absolute Gasteiger partial charge is 0.493 e. The van der Waals surface area contributed by atoms with E-state index in [9.17, 15) is 13.6 Å². The molecule has 0 aromatic heterocycles. The number of nitrogens with one attached hydrogen (secondary N) is 1. The highest BCUT2D eigenvalue weighted by Gasteiger charge is 2.11. The number of alkyl halides is 2. The van der Waals surface area contributed by atoms with Gasteiger partial charge < -0.3 is 19.5 Å². The average Bonchev–Trinajstić information content (AvgIpc) is 2.58. The van der Waals surface area contributed by atoms with Gasteiger partial charge in [-0.2, -0.15) is 8.78 Å². The summed E-state index contributed by atoms with van der Waals surface area (Å²) in [6.07, 6.45) is 0. The second-order valence-corrected chi connectivity index (χ2v) is 5.25. The Balaban J connectivity index is 1.86. The maximum atomic E-state index is 12.3. The van der Waals surface area contributed by atoms with Crippen molar-refractivity contribution in [3.05, 3.63) is 53.6 Å². The molecule has 2 rings (SSSR count). The summed E-state index contributed by atoms with van der Waals surface area (Å²) in [5.41, 5.74) is 1.72. The molecule has 2 aromatic rings. The maximum Gasteiger partial charge on any atom is 0.387 e. The fraction of sp³-hybridized carbons (Fsp3) is 0.278. The molecular weight excluding hydrogens is 332 g/mol. The zero-order valence-electron chi connectivity index (χ0n) is 13.9. The monoisotopic (exact) mass is 351 g/mol. The lowest BCUT2D eigenvalue weighted by atomic mass is 10.2. The number of rotatable bonds is 8. The molecule has 25 heavy (non-hydrogen) atoms. The van der Waals surface area contributed by atoms with Crippen LogP contribution in [0.4, 0.5) is 8.78 Å². The molecule has 0 fully saturated rings. The number of ether oxygens (including phenoxy) is 3. The number of methoxy groups -OCH3 is 1. The van der Waals surface area contributed by atoms with Crippen molar-refractivity contribution in [1.29, 1.82) is 0 Å². The van der Waals surface area contributed by atoms with Crippen LogP contribution in [0.5, 0.6) is 17.2 Å². The van der Waals surface area contributed by atoms with Crippen LogP contribution in [0.25, 0.3) is 0 Å². The molecule has 5 nitrogen and oxygen atoms in total. The van der Waals surface area contributed by atoms with Crippen molar-refractivity contribution in [2.24, 2.45) is 0 Å². The van der Waals surface area contributed by atoms with Crippen LogP contribution in [0.2, 0.25) is 0 Å². The molecule has 1 amide bonds. The predicted octanol–water partition coefficient (Wildman–Crippen LogP) is 3.30. The van der Waals surface area contributed by atoms with Crippen LogP contribution in [0, 0.1) is 6.92 Å². The van der Waals surface area contributed by atoms with Crippen molar-refractivity contribution >= 4 is 5.91 Å². The normalized spacial score (nSPS) is 10.4. The van der Waals surface area contributed by atoms with Gasteiger partial charge in [0.15, 0.2) is 18.1 Å². The Hall–Kier alpha value is -2.83. The van der Waals surface area contributed by atoms with Gasteiger partial charge in [0, 0.05) is 6.54 Å². The van der Waals surface area contributed by atoms with E-state index >= 15 is 0 Å². The first-order chi connectivity index (χ1) is 12.0. The van der Waals surface area contributed by atoms with E-state index in [1.165, 1.54) is 19.2 Å². The van der Waals surface area contributed by atoms with Crippen molar-refractivity contribution in [3.8, 4) is 17.2 Å². The third kappa shape index (κ3) is 5.95. The van der Waals surface area contributed by atoms with Gasteiger partial charge in [-0.1, -0.05) is 18.2 Å². The van der Waals surface area contributed by atoms with Crippen LogP contribution in [0.1, 0.15) is 11.1 Å². The summed E-state index contributed by atoms with van der Waals surface area (Å²) in [5, 5.41) is 2.69. The third-order valence-corrected chi connectivity index (χ3v) is 3.29. The van der Waals surface area contributed by atoms with Crippen molar-refractivity contribution in [2.45, 2.75) is 20.1 Å². The molecule has 0 aliphatic carbocycles. The number of hydrogen-bond donors (Lipinski definition) is 1. The predicted molar refractivity (Wildman–Crippen MR) is 88.1 cm³/mol. The Kier molecular flexibility index (Phi) is 6.56. The molecule has 0 saturated carbocycles. The second-order valence-electron chi connectivity index (χ2n) is 5.25. The quantitative estimate of drug-likeness (QED) is 0.793. The summed E-state index contributed by atoms with van der Waals surface area (Å²) in [5.74, 6) is 0.428. The van der Waals surface area contributed by atoms with Gasteiger partial charge in [0.1, 0.15) is 5.75 Å². The maximum absolute atomic E-state index is 12.3. The Morgan fingerprint density at radius 3 is 2.64 bits per heavy atom. The first-order valence-electron chi connectivity index (χ1n) is 7.56. The Labute approximate surface area is 144 Å². The molecule has 0 spiro atoms. The van der Waals surface area contributed by atoms with E-state index < -0.39 is 6.61 Å². The highest BCUT2D eigenvalue weighted by Crippen LogP contribution is 2.29. The standard InChI is InChI=1S/C18H19F2NO4/c1-12-4-3-5-14(8-12)24-11-17(22)21-10-13-6-7-15(25-18(19)20)16(9-13)23-2/h3-9,18H,10-11H2,1-2H3,(H,21,22). The van der Waals surface area contributed by atoms with E-state index in [-0.39, 0.29) is 30.6 Å². The van der Waals surface area contributed by atoms with Crippen molar-refractivity contribution in [2.75, 3.05) is 13.7 Å². The summed E-state index contributed by atoms with van der Waals surface area (Å²) >= 11 is 0. The van der Waals surface area contributed by atoms with Crippen LogP contribution >= 0.6 is 0 Å². The lowest BCUT2D eigenvalue weighted by molar-refractivity contribution is -0.123. The van der Waals surface area contributed by atoms with Gasteiger partial charge in [-0.25, -0.2) is 0 Å². The van der Waals surface area contributed by atoms with Gasteiger partial charge in [-0.15, -0.1) is 0 Å². The molecule has 0 bridgehead atoms. The van der Waals surface area contributed by atoms with E-state index in [0.717, 1.165) is 5.56 Å². The van der Waals surface area contributed by atoms with Crippen LogP contribution < -0.4 is 19.5 Å². The number of carbonyl (C=O) groups is 1. The van der Waals surface area contributed by atoms with Crippen molar-refractivity contribution in [3.63, 3.8) is 0 Å². The van der Waals surface area contributed by atoms with Gasteiger partial charge in [0.25, 0.3) is 5.91 Å². The Morgan fingerprint density at radius 1 is 1.16 bits per heavy atom. The molecule has 134 valence electrons. The molecule has 0 saturated heterocycles. The van der Waals surface area contributed by atoms with Crippen molar-refractivity contribution in [1.82, 2.24) is 5.32 Å². The number of aryl methyl sites for hydroxylation is 1. The van der Waals surface area contributed by atoms with Gasteiger partial charge in [-0.05, 0) is 42.3 Å². The molecule has 0 heterocycles. The van der Waals surface area contributed by atoms with E-state index in [1.807, 2.05) is 25.1 Å². The van der Waals surface area contributed by atoms with E-state index in [2.05, 4.69) is 10.1 Å². The highest BCUT2D eigenvalue weighted by molar-refractivity contribution is 5.77. The first kappa shape index (κ1) is 18.5. The summed E-state index contributed by atoms with van der Waals surface area (Å²) in [6.45, 7) is -0.908. The zero-order chi connectivity index (χ0) is 18.2. The molecular formula is C18H19F2NO4. The van der Waals surface area contributed by atoms with Crippen LogP contribution in [-0.4, -0.2) is 26.2 Å². The molecule has 0 aliphatic heterocycles. The fourth-order valence-corrected chi connectivity index (χ4v) is 2.12. The van der Waals surface area contributed by atoms with E-state index in [4.69, 9.17) is 9.47 Å². The number of amides is 1. The molecule has 1 N–H and O–H groups in total. The van der Waals surface area contributed by atoms with Crippen molar-refractivity contribution < 1.29 is 27.8 Å². The van der Waals surface area contributed by atoms with Crippen LogP contribution in [0.3, 0.4) is 0 Å². The summed E-state index contributed by atoms with van der Waals surface area (Å²) in [4.78, 5) is 11.9. The van der Waals surface area contributed by atoms with Crippen LogP contribution in [0.15, 0.2) is 42.5 Å². The summed E-state index contributed by atoms with van der Waals surface area (Å²) in [7, 11) is 1.35. The SMILES string of the molecule is COc1cc(CNC(=O)COc2cccc(C)c2)ccc1OC(F)F. The zero-order valence-corrected chi connectivity index (χ0v) is 13.9. The molecule has 7 heteroatoms. The van der Waals surface area contributed by atoms with Gasteiger partial charge in [0.05, 0.1) is 7.11 Å². The number of carbonyl (C=O) groups excluding carboxylic acids is 1. The molecule has 0 atom stereocenters. The summed E-state index contributed by atoms with van der Waals surface area (Å²) in [6, 6.07) is 11.9. The van der Waals surface area contributed by atoms with E-state index in [0.29, 0.717) is 11.3 Å². The Bertz CT molecular complexity index is 722. The summed E-state index contributed by atoms with van der Waals surface area (Å²) < 4.78 is 39.4. The lowest BCUT2D eigenvalue weighted by Gasteiger charge is -2.12. The molecule has 2 aromatic carbocycles. The first-order valence-corrected chi connectivity index (χ1v) is 7.56. The number of benzene rings is 2. The lowest BCUT2D eigenvalue weighted by Crippen LogP contribution is -2.28. The molecule has 0 radical (unpaired) electrons. The minimum atomic E-state index is -2.93. The average molecular weight is 351 g/mol. The number of hydrogen-bond acceptors (Lipinski definition) is 4. The van der Waals surface area contributed by atoms with Crippen LogP contribution in [-0.2, 0) is 11.3 Å². The number of halogens is 2. The minimum absolute atomic E-state index is 0.0599. The highest BCUT2D eigenvalue weighted by atomic mass is 19.3. The Morgan fingerprint density at radius 2 is 1.96 bits per heavy atom. The van der Waals surface area contributed by atoms with Gasteiger partial charge >= 0.3 is 6.61 Å². The molecule has 0 aliphatic rings. The van der Waals surface area contributed by atoms with Gasteiger partial charge in [0.2, 0.25) is 0 Å². The smallest absolute Gasteiger partial charge is 0.387 e.